The summed E-state index contributed by atoms with van der Waals surface area (Å²) in [5.41, 5.74) is 1.21. The second-order valence-electron chi connectivity index (χ2n) is 6.39. The van der Waals surface area contributed by atoms with Gasteiger partial charge in [0.15, 0.2) is 0 Å². The van der Waals surface area contributed by atoms with Crippen molar-refractivity contribution in [3.05, 3.63) is 76.9 Å². The van der Waals surface area contributed by atoms with Crippen molar-refractivity contribution in [1.29, 1.82) is 0 Å². The second-order valence-corrected chi connectivity index (χ2v) is 8.21. The Morgan fingerprint density at radius 1 is 1.00 bits per heavy atom. The van der Waals surface area contributed by atoms with Crippen molar-refractivity contribution < 1.29 is 17.6 Å². The third kappa shape index (κ3) is 5.17. The average molecular weight is 403 g/mol. The molecule has 1 aliphatic heterocycles. The number of amides is 2. The van der Waals surface area contributed by atoms with E-state index in [0.29, 0.717) is 5.56 Å². The minimum atomic E-state index is -3.55. The molecule has 1 heterocycles. The Bertz CT molecular complexity index is 940. The lowest BCUT2D eigenvalue weighted by Crippen LogP contribution is -2.52. The molecule has 1 saturated heterocycles. The number of carbonyl (C=O) groups is 1. The van der Waals surface area contributed by atoms with Crippen LogP contribution >= 0.6 is 0 Å². The molecular weight excluding hydrogens is 381 g/mol. The predicted molar refractivity (Wildman–Crippen MR) is 106 cm³/mol. The van der Waals surface area contributed by atoms with Gasteiger partial charge in [0.05, 0.1) is 0 Å². The first-order valence-corrected chi connectivity index (χ1v) is 10.5. The number of benzene rings is 2. The van der Waals surface area contributed by atoms with Crippen molar-refractivity contribution in [2.75, 3.05) is 26.2 Å². The normalized spacial score (nSPS) is 15.7. The van der Waals surface area contributed by atoms with Gasteiger partial charge in [-0.2, -0.15) is 4.31 Å². The highest BCUT2D eigenvalue weighted by Gasteiger charge is 2.27. The molecule has 2 aromatic rings. The molecule has 1 fully saturated rings. The summed E-state index contributed by atoms with van der Waals surface area (Å²) < 4.78 is 39.9. The standard InChI is InChI=1S/C20H22FN3O3S/c21-19-9-5-4-8-18(19)16-22-20(25)23-11-13-24(14-12-23)28(26,27)15-10-17-6-2-1-3-7-17/h1-10,15H,11-14,16H2,(H,22,25)/b15-10+. The highest BCUT2D eigenvalue weighted by Crippen LogP contribution is 2.12. The van der Waals surface area contributed by atoms with E-state index in [1.807, 2.05) is 30.3 Å². The molecule has 0 saturated carbocycles. The Hall–Kier alpha value is -2.71. The second kappa shape index (κ2) is 8.99. The minimum absolute atomic E-state index is 0.0871. The fourth-order valence-corrected chi connectivity index (χ4v) is 4.06. The molecule has 0 unspecified atom stereocenters. The summed E-state index contributed by atoms with van der Waals surface area (Å²) in [6.07, 6.45) is 1.56. The van der Waals surface area contributed by atoms with Crippen LogP contribution in [0.4, 0.5) is 9.18 Å². The van der Waals surface area contributed by atoms with Crippen LogP contribution in [-0.2, 0) is 16.6 Å². The van der Waals surface area contributed by atoms with Crippen LogP contribution in [0, 0.1) is 5.82 Å². The number of piperazine rings is 1. The molecule has 8 heteroatoms. The number of urea groups is 1. The zero-order chi connectivity index (χ0) is 20.0. The zero-order valence-corrected chi connectivity index (χ0v) is 16.1. The Morgan fingerprint density at radius 2 is 1.64 bits per heavy atom. The molecule has 0 aromatic heterocycles. The summed E-state index contributed by atoms with van der Waals surface area (Å²) in [7, 11) is -3.55. The van der Waals surface area contributed by atoms with E-state index in [0.717, 1.165) is 5.56 Å². The first-order valence-electron chi connectivity index (χ1n) is 8.95. The van der Waals surface area contributed by atoms with Crippen molar-refractivity contribution >= 4 is 22.1 Å². The number of sulfonamides is 1. The van der Waals surface area contributed by atoms with Crippen LogP contribution in [0.5, 0.6) is 0 Å². The van der Waals surface area contributed by atoms with Gasteiger partial charge in [-0.05, 0) is 17.7 Å². The van der Waals surface area contributed by atoms with Crippen LogP contribution in [0.25, 0.3) is 6.08 Å². The van der Waals surface area contributed by atoms with E-state index in [9.17, 15) is 17.6 Å². The molecular formula is C20H22FN3O3S. The van der Waals surface area contributed by atoms with Gasteiger partial charge in [0.1, 0.15) is 5.82 Å². The molecule has 0 radical (unpaired) electrons. The third-order valence-electron chi connectivity index (χ3n) is 4.51. The van der Waals surface area contributed by atoms with Gasteiger partial charge >= 0.3 is 6.03 Å². The van der Waals surface area contributed by atoms with E-state index in [2.05, 4.69) is 5.32 Å². The van der Waals surface area contributed by atoms with E-state index in [-0.39, 0.29) is 44.6 Å². The van der Waals surface area contributed by atoms with Crippen LogP contribution in [0.1, 0.15) is 11.1 Å². The zero-order valence-electron chi connectivity index (χ0n) is 15.3. The number of rotatable bonds is 5. The molecule has 148 valence electrons. The number of nitrogens with zero attached hydrogens (tertiary/aromatic N) is 2. The van der Waals surface area contributed by atoms with Crippen LogP contribution in [0.2, 0.25) is 0 Å². The molecule has 0 aliphatic carbocycles. The summed E-state index contributed by atoms with van der Waals surface area (Å²) in [6.45, 7) is 1.08. The van der Waals surface area contributed by atoms with Crippen LogP contribution in [-0.4, -0.2) is 49.8 Å². The molecule has 0 bridgehead atoms. The average Bonchev–Trinajstić information content (AvgIpc) is 2.72. The lowest BCUT2D eigenvalue weighted by Gasteiger charge is -2.33. The molecule has 1 N–H and O–H groups in total. The SMILES string of the molecule is O=C(NCc1ccccc1F)N1CCN(S(=O)(=O)/C=C/c2ccccc2)CC1. The Morgan fingerprint density at radius 3 is 2.32 bits per heavy atom. The molecule has 28 heavy (non-hydrogen) atoms. The number of carbonyl (C=O) groups excluding carboxylic acids is 1. The van der Waals surface area contributed by atoms with Gasteiger partial charge in [0.2, 0.25) is 10.0 Å². The molecule has 2 aromatic carbocycles. The third-order valence-corrected chi connectivity index (χ3v) is 6.07. The van der Waals surface area contributed by atoms with Crippen molar-refractivity contribution in [2.45, 2.75) is 6.54 Å². The van der Waals surface area contributed by atoms with E-state index in [1.54, 1.807) is 24.3 Å². The number of hydrogen-bond donors (Lipinski definition) is 1. The van der Waals surface area contributed by atoms with Crippen molar-refractivity contribution in [2.24, 2.45) is 0 Å². The number of halogens is 1. The van der Waals surface area contributed by atoms with Gasteiger partial charge in [-0.1, -0.05) is 48.5 Å². The van der Waals surface area contributed by atoms with Crippen molar-refractivity contribution in [1.82, 2.24) is 14.5 Å². The Balaban J connectivity index is 1.51. The van der Waals surface area contributed by atoms with Gasteiger partial charge in [-0.25, -0.2) is 17.6 Å². The fraction of sp³-hybridized carbons (Fsp3) is 0.250. The van der Waals surface area contributed by atoms with E-state index < -0.39 is 10.0 Å². The van der Waals surface area contributed by atoms with Crippen molar-refractivity contribution in [3.63, 3.8) is 0 Å². The monoisotopic (exact) mass is 403 g/mol. The first kappa shape index (κ1) is 20.0. The maximum atomic E-state index is 13.6. The molecule has 6 nitrogen and oxygen atoms in total. The summed E-state index contributed by atoms with van der Waals surface area (Å²) >= 11 is 0. The molecule has 1 aliphatic rings. The van der Waals surface area contributed by atoms with Crippen molar-refractivity contribution in [3.8, 4) is 0 Å². The van der Waals surface area contributed by atoms with Gasteiger partial charge < -0.3 is 10.2 Å². The van der Waals surface area contributed by atoms with Gasteiger partial charge in [0.25, 0.3) is 0 Å². The lowest BCUT2D eigenvalue weighted by molar-refractivity contribution is 0.172. The molecule has 0 spiro atoms. The highest BCUT2D eigenvalue weighted by molar-refractivity contribution is 7.92. The Labute approximate surface area is 164 Å². The van der Waals surface area contributed by atoms with Gasteiger partial charge in [-0.3, -0.25) is 0 Å². The summed E-state index contributed by atoms with van der Waals surface area (Å²) in [6, 6.07) is 15.1. The fourth-order valence-electron chi connectivity index (χ4n) is 2.88. The predicted octanol–water partition coefficient (Wildman–Crippen LogP) is 2.65. The summed E-state index contributed by atoms with van der Waals surface area (Å²) in [5.74, 6) is -0.371. The molecule has 0 atom stereocenters. The summed E-state index contributed by atoms with van der Waals surface area (Å²) in [4.78, 5) is 13.8. The maximum absolute atomic E-state index is 13.6. The Kier molecular flexibility index (Phi) is 6.43. The van der Waals surface area contributed by atoms with Gasteiger partial charge in [-0.15, -0.1) is 0 Å². The van der Waals surface area contributed by atoms with Gasteiger partial charge in [0, 0.05) is 43.7 Å². The van der Waals surface area contributed by atoms with Crippen LogP contribution < -0.4 is 5.32 Å². The quantitative estimate of drug-likeness (QED) is 0.835. The van der Waals surface area contributed by atoms with E-state index in [1.165, 1.54) is 20.7 Å². The van der Waals surface area contributed by atoms with E-state index >= 15 is 0 Å². The highest BCUT2D eigenvalue weighted by atomic mass is 32.2. The molecule has 3 rings (SSSR count). The van der Waals surface area contributed by atoms with Crippen LogP contribution in [0.15, 0.2) is 60.0 Å². The molecule has 2 amide bonds. The smallest absolute Gasteiger partial charge is 0.317 e. The minimum Gasteiger partial charge on any atom is -0.334 e. The maximum Gasteiger partial charge on any atom is 0.317 e. The lowest BCUT2D eigenvalue weighted by atomic mass is 10.2. The number of hydrogen-bond acceptors (Lipinski definition) is 3. The number of nitrogens with one attached hydrogen (secondary N) is 1. The first-order chi connectivity index (χ1) is 13.5. The van der Waals surface area contributed by atoms with E-state index in [4.69, 9.17) is 0 Å². The topological polar surface area (TPSA) is 69.7 Å². The largest absolute Gasteiger partial charge is 0.334 e. The van der Waals surface area contributed by atoms with Crippen LogP contribution in [0.3, 0.4) is 0 Å². The summed E-state index contributed by atoms with van der Waals surface area (Å²) in [5, 5.41) is 3.87.